The molecule has 0 radical (unpaired) electrons. The largest absolute Gasteiger partial charge is 0.496 e. The molecule has 0 saturated carbocycles. The van der Waals surface area contributed by atoms with Gasteiger partial charge in [0.25, 0.3) is 5.91 Å². The third-order valence-electron chi connectivity index (χ3n) is 5.60. The third kappa shape index (κ3) is 3.42. The summed E-state index contributed by atoms with van der Waals surface area (Å²) in [5, 5.41) is 3.18. The quantitative estimate of drug-likeness (QED) is 0.547. The zero-order valence-electron chi connectivity index (χ0n) is 17.0. The number of fused-ring (bicyclic) bond motifs is 3. The van der Waals surface area contributed by atoms with Crippen LogP contribution in [0.15, 0.2) is 42.9 Å². The summed E-state index contributed by atoms with van der Waals surface area (Å²) < 4.78 is 8.64. The maximum Gasteiger partial charge on any atom is 0.255 e. The van der Waals surface area contributed by atoms with E-state index in [0.717, 1.165) is 52.4 Å². The molecule has 3 aromatic heterocycles. The van der Waals surface area contributed by atoms with E-state index in [0.29, 0.717) is 11.3 Å². The van der Waals surface area contributed by atoms with Crippen molar-refractivity contribution in [3.05, 3.63) is 48.4 Å². The average Bonchev–Trinajstić information content (AvgIpc) is 3.31. The molecule has 154 valence electrons. The van der Waals surface area contributed by atoms with E-state index in [9.17, 15) is 4.79 Å². The number of pyridine rings is 1. The number of likely N-dealkylation sites (tertiary alicyclic amines) is 1. The van der Waals surface area contributed by atoms with E-state index in [4.69, 9.17) is 9.72 Å². The molecule has 1 saturated heterocycles. The molecule has 5 rings (SSSR count). The van der Waals surface area contributed by atoms with E-state index in [1.807, 2.05) is 30.5 Å². The van der Waals surface area contributed by atoms with Crippen molar-refractivity contribution in [2.24, 2.45) is 0 Å². The Morgan fingerprint density at radius 3 is 2.90 bits per heavy atom. The minimum Gasteiger partial charge on any atom is -0.496 e. The Bertz CT molecular complexity index is 1220. The van der Waals surface area contributed by atoms with Gasteiger partial charge in [-0.15, -0.1) is 0 Å². The highest BCUT2D eigenvalue weighted by Crippen LogP contribution is 2.34. The molecular formula is C22H23N5O2S. The number of nitrogens with zero attached hydrogens (tertiary/aromatic N) is 4. The minimum absolute atomic E-state index is 0.0856. The Balaban J connectivity index is 1.50. The summed E-state index contributed by atoms with van der Waals surface area (Å²) in [7, 11) is 3.69. The molecule has 8 heteroatoms. The Morgan fingerprint density at radius 2 is 2.13 bits per heavy atom. The number of rotatable bonds is 4. The first-order chi connectivity index (χ1) is 14.6. The van der Waals surface area contributed by atoms with Gasteiger partial charge in [0.2, 0.25) is 0 Å². The fourth-order valence-corrected chi connectivity index (χ4v) is 5.11. The summed E-state index contributed by atoms with van der Waals surface area (Å²) >= 11 is 1.57. The molecule has 1 unspecified atom stereocenters. The normalized spacial score (nSPS) is 17.5. The molecule has 7 nitrogen and oxygen atoms in total. The number of ether oxygens (including phenoxy) is 1. The smallest absolute Gasteiger partial charge is 0.255 e. The first-order valence-corrected chi connectivity index (χ1v) is 10.8. The van der Waals surface area contributed by atoms with Crippen LogP contribution >= 0.6 is 11.3 Å². The van der Waals surface area contributed by atoms with Gasteiger partial charge in [0.1, 0.15) is 5.75 Å². The van der Waals surface area contributed by atoms with Crippen molar-refractivity contribution in [1.29, 1.82) is 0 Å². The number of likely N-dealkylation sites (N-methyl/N-ethyl adjacent to an activating group) is 1. The van der Waals surface area contributed by atoms with Crippen LogP contribution in [-0.2, 0) is 0 Å². The molecule has 0 aliphatic carbocycles. The van der Waals surface area contributed by atoms with E-state index in [-0.39, 0.29) is 11.9 Å². The Morgan fingerprint density at radius 1 is 1.30 bits per heavy atom. The number of benzene rings is 1. The van der Waals surface area contributed by atoms with Crippen LogP contribution in [0, 0.1) is 0 Å². The molecule has 30 heavy (non-hydrogen) atoms. The predicted molar refractivity (Wildman–Crippen MR) is 118 cm³/mol. The van der Waals surface area contributed by atoms with Gasteiger partial charge in [0.05, 0.1) is 28.6 Å². The van der Waals surface area contributed by atoms with Gasteiger partial charge in [0.15, 0.2) is 4.96 Å². The number of hydrogen-bond acceptors (Lipinski definition) is 6. The Labute approximate surface area is 178 Å². The lowest BCUT2D eigenvalue weighted by Gasteiger charge is -2.30. The second-order valence-electron chi connectivity index (χ2n) is 7.71. The topological polar surface area (TPSA) is 71.8 Å². The van der Waals surface area contributed by atoms with Gasteiger partial charge in [-0.25, -0.2) is 4.98 Å². The van der Waals surface area contributed by atoms with Gasteiger partial charge in [0, 0.05) is 42.8 Å². The lowest BCUT2D eigenvalue weighted by atomic mass is 10.1. The number of thiazole rings is 1. The molecule has 1 aromatic carbocycles. The highest BCUT2D eigenvalue weighted by atomic mass is 32.1. The summed E-state index contributed by atoms with van der Waals surface area (Å²) in [6, 6.07) is 7.90. The van der Waals surface area contributed by atoms with Crippen LogP contribution in [0.25, 0.3) is 26.4 Å². The van der Waals surface area contributed by atoms with Crippen molar-refractivity contribution >= 4 is 32.4 Å². The number of carbonyl (C=O) groups excluding carboxylic acids is 1. The van der Waals surface area contributed by atoms with Crippen molar-refractivity contribution in [2.45, 2.75) is 18.9 Å². The molecule has 1 fully saturated rings. The molecule has 0 spiro atoms. The Kier molecular flexibility index (Phi) is 4.88. The van der Waals surface area contributed by atoms with Crippen LogP contribution in [0.2, 0.25) is 0 Å². The standard InChI is InChI=1S/C22H23N5O2S/c1-26-9-3-4-15(12-26)24-21(28)16-10-20-18(11-19(16)29-2)27-13-17(25-22(27)30-20)14-5-7-23-8-6-14/h5-8,10-11,13,15H,3-4,9,12H2,1-2H3,(H,24,28). The predicted octanol–water partition coefficient (Wildman–Crippen LogP) is 3.44. The van der Waals surface area contributed by atoms with Gasteiger partial charge in [-0.3, -0.25) is 14.2 Å². The van der Waals surface area contributed by atoms with Crippen molar-refractivity contribution < 1.29 is 9.53 Å². The SMILES string of the molecule is COc1cc2c(cc1C(=O)NC1CCCN(C)C1)sc1nc(-c3ccncc3)cn12. The number of nitrogens with one attached hydrogen (secondary N) is 1. The zero-order valence-corrected chi connectivity index (χ0v) is 17.8. The first-order valence-electron chi connectivity index (χ1n) is 10.0. The summed E-state index contributed by atoms with van der Waals surface area (Å²) in [4.78, 5) is 25.0. The van der Waals surface area contributed by atoms with E-state index < -0.39 is 0 Å². The molecule has 0 bridgehead atoms. The van der Waals surface area contributed by atoms with Gasteiger partial charge in [-0.1, -0.05) is 11.3 Å². The van der Waals surface area contributed by atoms with Crippen molar-refractivity contribution in [3.63, 3.8) is 0 Å². The molecular weight excluding hydrogens is 398 g/mol. The van der Waals surface area contributed by atoms with E-state index in [2.05, 4.69) is 26.6 Å². The van der Waals surface area contributed by atoms with Gasteiger partial charge in [-0.2, -0.15) is 0 Å². The van der Waals surface area contributed by atoms with Crippen LogP contribution in [0.4, 0.5) is 0 Å². The number of imidazole rings is 1. The number of hydrogen-bond donors (Lipinski definition) is 1. The fraction of sp³-hybridized carbons (Fsp3) is 0.318. The lowest BCUT2D eigenvalue weighted by Crippen LogP contribution is -2.46. The van der Waals surface area contributed by atoms with E-state index in [1.165, 1.54) is 0 Å². The number of methoxy groups -OCH3 is 1. The monoisotopic (exact) mass is 421 g/mol. The summed E-state index contributed by atoms with van der Waals surface area (Å²) in [5.41, 5.74) is 3.47. The zero-order chi connectivity index (χ0) is 20.7. The molecule has 1 aliphatic heterocycles. The maximum atomic E-state index is 13.0. The van der Waals surface area contributed by atoms with Crippen molar-refractivity contribution in [1.82, 2.24) is 24.6 Å². The van der Waals surface area contributed by atoms with Crippen LogP contribution in [-0.4, -0.2) is 58.5 Å². The number of aromatic nitrogens is 3. The Hall–Kier alpha value is -2.97. The second-order valence-corrected chi connectivity index (χ2v) is 8.72. The number of piperidine rings is 1. The average molecular weight is 422 g/mol. The number of carbonyl (C=O) groups is 1. The molecule has 4 aromatic rings. The van der Waals surface area contributed by atoms with Gasteiger partial charge in [-0.05, 0) is 44.6 Å². The third-order valence-corrected chi connectivity index (χ3v) is 6.61. The molecule has 4 heterocycles. The summed E-state index contributed by atoms with van der Waals surface area (Å²) in [6.45, 7) is 1.96. The van der Waals surface area contributed by atoms with Crippen LogP contribution in [0.1, 0.15) is 23.2 Å². The van der Waals surface area contributed by atoms with Crippen molar-refractivity contribution in [2.75, 3.05) is 27.2 Å². The van der Waals surface area contributed by atoms with E-state index in [1.54, 1.807) is 30.8 Å². The molecule has 1 aliphatic rings. The fourth-order valence-electron chi connectivity index (χ4n) is 4.08. The second kappa shape index (κ2) is 7.70. The highest BCUT2D eigenvalue weighted by Gasteiger charge is 2.23. The van der Waals surface area contributed by atoms with Gasteiger partial charge >= 0.3 is 0 Å². The molecule has 1 N–H and O–H groups in total. The molecule has 1 atom stereocenters. The summed E-state index contributed by atoms with van der Waals surface area (Å²) in [6.07, 6.45) is 7.64. The van der Waals surface area contributed by atoms with Crippen LogP contribution < -0.4 is 10.1 Å². The number of amides is 1. The van der Waals surface area contributed by atoms with Crippen LogP contribution in [0.5, 0.6) is 5.75 Å². The van der Waals surface area contributed by atoms with Gasteiger partial charge < -0.3 is 15.0 Å². The highest BCUT2D eigenvalue weighted by molar-refractivity contribution is 7.23. The van der Waals surface area contributed by atoms with Crippen molar-refractivity contribution in [3.8, 4) is 17.0 Å². The molecule has 1 amide bonds. The lowest BCUT2D eigenvalue weighted by molar-refractivity contribution is 0.0909. The first kappa shape index (κ1) is 19.0. The van der Waals surface area contributed by atoms with E-state index >= 15 is 0 Å². The maximum absolute atomic E-state index is 13.0. The minimum atomic E-state index is -0.0856. The van der Waals surface area contributed by atoms with Crippen LogP contribution in [0.3, 0.4) is 0 Å². The summed E-state index contributed by atoms with van der Waals surface area (Å²) in [5.74, 6) is 0.487.